The van der Waals surface area contributed by atoms with E-state index < -0.39 is 12.8 Å². The van der Waals surface area contributed by atoms with E-state index in [2.05, 4.69) is 96.9 Å². The van der Waals surface area contributed by atoms with Crippen LogP contribution in [0.3, 0.4) is 0 Å². The average molecular weight is 2310 g/mol. The Kier molecular flexibility index (Phi) is 330. The molecule has 0 amide bonds. The second-order valence-electron chi connectivity index (χ2n) is 11.2. The van der Waals surface area contributed by atoms with Crippen molar-refractivity contribution in [2.75, 3.05) is 0 Å². The molecule has 0 aliphatic carbocycles. The van der Waals surface area contributed by atoms with E-state index in [4.69, 9.17) is 46.4 Å². The third-order valence-electron chi connectivity index (χ3n) is 5.53. The van der Waals surface area contributed by atoms with Crippen LogP contribution in [-0.4, -0.2) is 80.4 Å². The molecule has 0 aliphatic rings. The Morgan fingerprint density at radius 2 is 0.483 bits per heavy atom. The van der Waals surface area contributed by atoms with Gasteiger partial charge in [0, 0.05) is 270 Å². The van der Waals surface area contributed by atoms with Gasteiger partial charge in [0.1, 0.15) is 0 Å². The van der Waals surface area contributed by atoms with E-state index in [0.29, 0.717) is 0 Å². The van der Waals surface area contributed by atoms with E-state index in [0.717, 1.165) is 44.9 Å². The molecule has 0 nitrogen and oxygen atoms in total. The fourth-order valence-electron chi connectivity index (χ4n) is 2.34. The van der Waals surface area contributed by atoms with Gasteiger partial charge in [0.15, 0.2) is 0 Å². The first kappa shape index (κ1) is 120. The molecule has 58 heavy (non-hydrogen) atoms. The molecule has 20 heteroatoms. The maximum absolute atomic E-state index is 5.01. The standard InChI is InChI=1S/4C6H13.2C5H11.C4H9.B6.B5.9W/c4*1-3-5-6-4-2;2*1-3-5-4-2;1-3-4-2;1-4-5-6(2)3;1-4-5(2)3;;;;;;;;;/h4*1,3-6H2,2H3;2*1,3-5H2,2H3;1,3-4H2,2H3;;;;;;;;;;;/q7*-1;;;;;;;;;;;. The fraction of sp³-hybridized carbons (Fsp3) is 0.816. The van der Waals surface area contributed by atoms with Gasteiger partial charge >= 0.3 is 0 Å². The summed E-state index contributed by atoms with van der Waals surface area (Å²) < 4.78 is 0. The van der Waals surface area contributed by atoms with Gasteiger partial charge in [0.2, 0.25) is 0 Å². The number of hydrogen-bond acceptors (Lipinski definition) is 0. The minimum absolute atomic E-state index is 0. The Bertz CT molecular complexity index is 343. The van der Waals surface area contributed by atoms with Crippen molar-refractivity contribution >= 4 is 80.4 Å². The second kappa shape index (κ2) is 159. The van der Waals surface area contributed by atoms with Crippen LogP contribution in [0.4, 0.5) is 0 Å². The van der Waals surface area contributed by atoms with Crippen LogP contribution < -0.4 is 0 Å². The molecular formula is C38H83B11W9-7. The van der Waals surface area contributed by atoms with Crippen LogP contribution in [-0.2, 0) is 190 Å². The Morgan fingerprint density at radius 3 is 0.500 bits per heavy atom. The Balaban J connectivity index is -0.0000000191. The second-order valence-corrected chi connectivity index (χ2v) is 11.2. The minimum Gasteiger partial charge on any atom is -0.343 e. The molecule has 0 aromatic rings. The SMILES string of the molecule is [B][B]B([B])[B].[B][B][B]B([B])[B].[CH2-]CCC.[CH2-]CCCC.[CH2-]CCCC.[CH2-]CCCCC.[CH2-]CCCCC.[CH2-]CCCCC.[CH2-]CCCCC.[W].[W].[W].[W].[W].[W].[W].[W].[W]. The van der Waals surface area contributed by atoms with Gasteiger partial charge in [-0.15, -0.1) is 0 Å². The number of unbranched alkanes of at least 4 members (excludes halogenated alkanes) is 17. The summed E-state index contributed by atoms with van der Waals surface area (Å²) in [6.07, 6.45) is 29.0. The Morgan fingerprint density at radius 1 is 0.310 bits per heavy atom. The molecule has 0 saturated heterocycles. The first-order valence-electron chi connectivity index (χ1n) is 19.9. The normalized spacial score (nSPS) is 6.93. The van der Waals surface area contributed by atoms with Crippen LogP contribution in [0.15, 0.2) is 0 Å². The van der Waals surface area contributed by atoms with Crippen molar-refractivity contribution in [3.8, 4) is 0 Å². The van der Waals surface area contributed by atoms with Gasteiger partial charge in [0.25, 0.3) is 0 Å². The van der Waals surface area contributed by atoms with E-state index in [1.54, 1.807) is 0 Å². The van der Waals surface area contributed by atoms with Gasteiger partial charge in [-0.1, -0.05) is 158 Å². The van der Waals surface area contributed by atoms with E-state index in [1.807, 2.05) is 0 Å². The molecule has 0 unspecified atom stereocenters. The van der Waals surface area contributed by atoms with Gasteiger partial charge in [0.05, 0.1) is 0 Å². The molecule has 0 atom stereocenters. The van der Waals surface area contributed by atoms with Crippen LogP contribution in [0.5, 0.6) is 0 Å². The van der Waals surface area contributed by atoms with Crippen molar-refractivity contribution in [2.24, 2.45) is 0 Å². The maximum atomic E-state index is 5.01. The molecular weight excluding hydrogens is 2230 g/mol. The van der Waals surface area contributed by atoms with Crippen LogP contribution in [0.25, 0.3) is 0 Å². The Labute approximate surface area is 513 Å². The van der Waals surface area contributed by atoms with E-state index in [-0.39, 0.29) is 190 Å². The predicted molar refractivity (Wildman–Crippen MR) is 251 cm³/mol. The Hall–Kier alpha value is 6.91. The third kappa shape index (κ3) is 289. The monoisotopic (exact) mass is 2320 g/mol. The first-order valence-corrected chi connectivity index (χ1v) is 19.9. The fourth-order valence-corrected chi connectivity index (χ4v) is 2.34. The summed E-state index contributed by atoms with van der Waals surface area (Å²) in [5.74, 6) is 0. The number of rotatable bonds is 20. The molecule has 0 fully saturated rings. The van der Waals surface area contributed by atoms with Gasteiger partial charge in [-0.2, -0.15) is 44.9 Å². The van der Waals surface area contributed by atoms with Crippen molar-refractivity contribution in [1.29, 1.82) is 0 Å². The van der Waals surface area contributed by atoms with Crippen molar-refractivity contribution in [3.63, 3.8) is 0 Å². The maximum Gasteiger partial charge on any atom is 0 e. The van der Waals surface area contributed by atoms with E-state index >= 15 is 0 Å². The molecule has 0 saturated carbocycles. The molecule has 0 N–H and O–H groups in total. The zero-order chi connectivity index (χ0) is 40.2. The zero-order valence-corrected chi connectivity index (χ0v) is 65.3. The molecule has 15 radical (unpaired) electrons. The summed E-state index contributed by atoms with van der Waals surface area (Å²) in [7, 11) is 33.5. The van der Waals surface area contributed by atoms with E-state index in [1.165, 1.54) is 130 Å². The predicted octanol–water partition coefficient (Wildman–Crippen LogP) is 11.0. The van der Waals surface area contributed by atoms with Crippen LogP contribution in [0.1, 0.15) is 203 Å². The number of hydrogen-bond donors (Lipinski definition) is 0. The topological polar surface area (TPSA) is 0 Å². The average Bonchev–Trinajstić information content (AvgIpc) is 3.10. The summed E-state index contributed by atoms with van der Waals surface area (Å²) in [5, 5.41) is 0. The summed E-state index contributed by atoms with van der Waals surface area (Å²) in [6.45, 7) is 41.1. The van der Waals surface area contributed by atoms with Gasteiger partial charge in [-0.3, -0.25) is 0 Å². The quantitative estimate of drug-likeness (QED) is 0.0648. The van der Waals surface area contributed by atoms with Crippen molar-refractivity contribution < 1.29 is 190 Å². The van der Waals surface area contributed by atoms with Gasteiger partial charge in [-0.05, 0) is 0 Å². The molecule has 329 valence electrons. The molecule has 0 rings (SSSR count). The van der Waals surface area contributed by atoms with Crippen LogP contribution >= 0.6 is 0 Å². The van der Waals surface area contributed by atoms with E-state index in [9.17, 15) is 0 Å². The van der Waals surface area contributed by atoms with Gasteiger partial charge < -0.3 is 48.5 Å². The summed E-state index contributed by atoms with van der Waals surface area (Å²) in [6, 6.07) is 0. The van der Waals surface area contributed by atoms with Crippen molar-refractivity contribution in [3.05, 3.63) is 48.5 Å². The van der Waals surface area contributed by atoms with Crippen molar-refractivity contribution in [2.45, 2.75) is 203 Å². The molecule has 0 spiro atoms. The van der Waals surface area contributed by atoms with Crippen molar-refractivity contribution in [1.82, 2.24) is 0 Å². The van der Waals surface area contributed by atoms with Crippen LogP contribution in [0, 0.1) is 48.5 Å². The summed E-state index contributed by atoms with van der Waals surface area (Å²) >= 11 is 0. The molecule has 0 heterocycles. The van der Waals surface area contributed by atoms with Crippen LogP contribution in [0.2, 0.25) is 0 Å². The smallest absolute Gasteiger partial charge is 0 e. The largest absolute Gasteiger partial charge is 0.343 e. The molecule has 0 bridgehead atoms. The van der Waals surface area contributed by atoms with Gasteiger partial charge in [-0.25, -0.2) is 0 Å². The molecule has 0 aliphatic heterocycles. The molecule has 0 aromatic heterocycles. The third-order valence-corrected chi connectivity index (χ3v) is 5.53. The summed E-state index contributed by atoms with van der Waals surface area (Å²) in [4.78, 5) is 0. The molecule has 0 aromatic carbocycles. The summed E-state index contributed by atoms with van der Waals surface area (Å²) in [5.41, 5.74) is 0. The minimum atomic E-state index is -0.463. The first-order chi connectivity index (χ1) is 23.4. The zero-order valence-electron chi connectivity index (χ0n) is 38.9.